The third-order valence-electron chi connectivity index (χ3n) is 3.22. The van der Waals surface area contributed by atoms with E-state index in [4.69, 9.17) is 0 Å². The highest BCUT2D eigenvalue weighted by atomic mass is 16.2. The van der Waals surface area contributed by atoms with E-state index >= 15 is 0 Å². The number of rotatable bonds is 2. The number of nitrogens with one attached hydrogen (secondary N) is 1. The largest absolute Gasteiger partial charge is 0.320 e. The third kappa shape index (κ3) is 2.77. The number of para-hydroxylation sites is 1. The maximum Gasteiger partial charge on any atom is 0.291 e. The van der Waals surface area contributed by atoms with Crippen LogP contribution < -0.4 is 10.9 Å². The smallest absolute Gasteiger partial charge is 0.291 e. The number of amides is 1. The van der Waals surface area contributed by atoms with Gasteiger partial charge in [-0.1, -0.05) is 18.2 Å². The quantitative estimate of drug-likeness (QED) is 0.923. The molecule has 1 amide bonds. The molecule has 1 aromatic heterocycles. The molecule has 0 bridgehead atoms. The summed E-state index contributed by atoms with van der Waals surface area (Å²) in [6, 6.07) is 9.64. The number of nitrogens with zero attached hydrogens (tertiary/aromatic N) is 2. The monoisotopic (exact) mass is 287 g/mol. The van der Waals surface area contributed by atoms with Crippen LogP contribution in [0.5, 0.6) is 0 Å². The summed E-state index contributed by atoms with van der Waals surface area (Å²) < 4.78 is 3.52. The molecule has 0 unspecified atom stereocenters. The first-order chi connectivity index (χ1) is 9.73. The molecular formula is C16H21N3O2. The molecule has 2 aromatic rings. The molecule has 0 aliphatic heterocycles. The van der Waals surface area contributed by atoms with Crippen LogP contribution in [0.25, 0.3) is 5.69 Å². The van der Waals surface area contributed by atoms with Gasteiger partial charge in [0.25, 0.3) is 5.56 Å². The fraction of sp³-hybridized carbons (Fsp3) is 0.375. The van der Waals surface area contributed by atoms with E-state index in [2.05, 4.69) is 5.32 Å². The van der Waals surface area contributed by atoms with Gasteiger partial charge < -0.3 is 5.32 Å². The molecule has 0 fully saturated rings. The average Bonchev–Trinajstić information content (AvgIpc) is 2.63. The predicted octanol–water partition coefficient (Wildman–Crippen LogP) is 2.66. The number of benzene rings is 1. The van der Waals surface area contributed by atoms with Crippen molar-refractivity contribution in [3.63, 3.8) is 0 Å². The van der Waals surface area contributed by atoms with Crippen LogP contribution in [-0.4, -0.2) is 15.3 Å². The molecule has 0 aliphatic rings. The molecule has 0 atom stereocenters. The van der Waals surface area contributed by atoms with Gasteiger partial charge >= 0.3 is 0 Å². The van der Waals surface area contributed by atoms with Crippen LogP contribution in [0.15, 0.2) is 35.1 Å². The molecule has 0 saturated heterocycles. The lowest BCUT2D eigenvalue weighted by Crippen LogP contribution is -2.36. The Balaban J connectivity index is 2.80. The Morgan fingerprint density at radius 3 is 2.19 bits per heavy atom. The molecule has 0 spiro atoms. The summed E-state index contributed by atoms with van der Waals surface area (Å²) in [6.45, 7) is 9.13. The van der Waals surface area contributed by atoms with Gasteiger partial charge in [-0.2, -0.15) is 0 Å². The molecule has 0 radical (unpaired) electrons. The normalized spacial score (nSPS) is 11.5. The Labute approximate surface area is 124 Å². The van der Waals surface area contributed by atoms with Crippen molar-refractivity contribution in [3.8, 4) is 5.69 Å². The second-order valence-corrected chi connectivity index (χ2v) is 6.08. The van der Waals surface area contributed by atoms with Crippen LogP contribution in [0.4, 0.5) is 5.69 Å². The van der Waals surface area contributed by atoms with Crippen LogP contribution in [0.1, 0.15) is 33.4 Å². The summed E-state index contributed by atoms with van der Waals surface area (Å²) >= 11 is 0. The summed E-state index contributed by atoms with van der Waals surface area (Å²) in [6.07, 6.45) is 0. The summed E-state index contributed by atoms with van der Waals surface area (Å²) in [4.78, 5) is 24.0. The molecule has 0 saturated carbocycles. The lowest BCUT2D eigenvalue weighted by molar-refractivity contribution is -0.114. The Kier molecular flexibility index (Phi) is 3.77. The van der Waals surface area contributed by atoms with Gasteiger partial charge in [-0.25, -0.2) is 4.68 Å². The number of carbonyl (C=O) groups excluding carboxylic acids is 1. The van der Waals surface area contributed by atoms with Crippen molar-refractivity contribution in [1.82, 2.24) is 9.36 Å². The van der Waals surface area contributed by atoms with E-state index in [1.54, 1.807) is 4.68 Å². The zero-order chi connectivity index (χ0) is 15.8. The Morgan fingerprint density at radius 1 is 1.14 bits per heavy atom. The Hall–Kier alpha value is -2.30. The fourth-order valence-corrected chi connectivity index (χ4v) is 2.41. The zero-order valence-corrected chi connectivity index (χ0v) is 13.1. The summed E-state index contributed by atoms with van der Waals surface area (Å²) in [5, 5.41) is 2.65. The number of hydrogen-bond acceptors (Lipinski definition) is 2. The van der Waals surface area contributed by atoms with E-state index in [9.17, 15) is 9.59 Å². The number of anilines is 1. The lowest BCUT2D eigenvalue weighted by Gasteiger charge is -2.25. The van der Waals surface area contributed by atoms with Gasteiger partial charge in [0, 0.05) is 6.92 Å². The molecular weight excluding hydrogens is 266 g/mol. The molecule has 1 heterocycles. The first kappa shape index (κ1) is 15.1. The maximum absolute atomic E-state index is 12.7. The minimum absolute atomic E-state index is 0.195. The SMILES string of the molecule is CC(=O)Nc1c(C)n(-c2ccccc2)n(C(C)(C)C)c1=O. The number of carbonyl (C=O) groups is 1. The van der Waals surface area contributed by atoms with Gasteiger partial charge in [0.2, 0.25) is 5.91 Å². The Morgan fingerprint density at radius 2 is 1.71 bits per heavy atom. The third-order valence-corrected chi connectivity index (χ3v) is 3.22. The predicted molar refractivity (Wildman–Crippen MR) is 84.1 cm³/mol. The Bertz CT molecular complexity index is 718. The van der Waals surface area contributed by atoms with E-state index in [1.807, 2.05) is 62.7 Å². The van der Waals surface area contributed by atoms with Crippen molar-refractivity contribution in [1.29, 1.82) is 0 Å². The molecule has 1 N–H and O–H groups in total. The van der Waals surface area contributed by atoms with Crippen molar-refractivity contribution in [2.24, 2.45) is 0 Å². The lowest BCUT2D eigenvalue weighted by atomic mass is 10.1. The zero-order valence-electron chi connectivity index (χ0n) is 13.1. The summed E-state index contributed by atoms with van der Waals surface area (Å²) in [5.41, 5.74) is 1.34. The van der Waals surface area contributed by atoms with Gasteiger partial charge in [-0.15, -0.1) is 0 Å². The van der Waals surface area contributed by atoms with Crippen LogP contribution in [0.3, 0.4) is 0 Å². The minimum Gasteiger partial charge on any atom is -0.320 e. The highest BCUT2D eigenvalue weighted by Crippen LogP contribution is 2.22. The fourth-order valence-electron chi connectivity index (χ4n) is 2.41. The number of hydrogen-bond donors (Lipinski definition) is 1. The molecule has 5 heteroatoms. The van der Waals surface area contributed by atoms with E-state index in [0.717, 1.165) is 11.4 Å². The van der Waals surface area contributed by atoms with E-state index < -0.39 is 5.54 Å². The van der Waals surface area contributed by atoms with Gasteiger partial charge in [0.1, 0.15) is 5.69 Å². The van der Waals surface area contributed by atoms with Gasteiger partial charge in [0.15, 0.2) is 0 Å². The molecule has 5 nitrogen and oxygen atoms in total. The molecule has 21 heavy (non-hydrogen) atoms. The van der Waals surface area contributed by atoms with Crippen molar-refractivity contribution >= 4 is 11.6 Å². The van der Waals surface area contributed by atoms with Gasteiger partial charge in [0.05, 0.1) is 16.9 Å². The first-order valence-electron chi connectivity index (χ1n) is 6.91. The van der Waals surface area contributed by atoms with Crippen molar-refractivity contribution in [2.45, 2.75) is 40.2 Å². The summed E-state index contributed by atoms with van der Waals surface area (Å²) in [5.74, 6) is -0.249. The highest BCUT2D eigenvalue weighted by Gasteiger charge is 2.26. The topological polar surface area (TPSA) is 56.0 Å². The molecule has 1 aromatic carbocycles. The molecule has 0 aliphatic carbocycles. The summed E-state index contributed by atoms with van der Waals surface area (Å²) in [7, 11) is 0. The van der Waals surface area contributed by atoms with Crippen LogP contribution in [0.2, 0.25) is 0 Å². The van der Waals surface area contributed by atoms with Crippen molar-refractivity contribution < 1.29 is 4.79 Å². The second kappa shape index (κ2) is 5.24. The molecule has 112 valence electrons. The molecule has 2 rings (SSSR count). The first-order valence-corrected chi connectivity index (χ1v) is 6.91. The maximum atomic E-state index is 12.7. The highest BCUT2D eigenvalue weighted by molar-refractivity contribution is 5.89. The van der Waals surface area contributed by atoms with Gasteiger partial charge in [-0.05, 0) is 39.8 Å². The number of aromatic nitrogens is 2. The minimum atomic E-state index is -0.408. The average molecular weight is 287 g/mol. The second-order valence-electron chi connectivity index (χ2n) is 6.08. The van der Waals surface area contributed by atoms with Crippen molar-refractivity contribution in [3.05, 3.63) is 46.4 Å². The van der Waals surface area contributed by atoms with E-state index in [1.165, 1.54) is 6.92 Å². The standard InChI is InChI=1S/C16H21N3O2/c1-11-14(17-12(2)20)15(21)19(16(3,4)5)18(11)13-9-7-6-8-10-13/h6-10H,1-5H3,(H,17,20). The van der Waals surface area contributed by atoms with Gasteiger partial charge in [-0.3, -0.25) is 14.3 Å². The van der Waals surface area contributed by atoms with E-state index in [-0.39, 0.29) is 11.5 Å². The van der Waals surface area contributed by atoms with Crippen LogP contribution >= 0.6 is 0 Å². The van der Waals surface area contributed by atoms with Crippen LogP contribution in [-0.2, 0) is 10.3 Å². The van der Waals surface area contributed by atoms with E-state index in [0.29, 0.717) is 5.69 Å². The van der Waals surface area contributed by atoms with Crippen LogP contribution in [0, 0.1) is 6.92 Å². The van der Waals surface area contributed by atoms with Crippen molar-refractivity contribution in [2.75, 3.05) is 5.32 Å².